The number of piperidine rings is 2. The number of amides is 4. The van der Waals surface area contributed by atoms with Crippen molar-refractivity contribution in [2.75, 3.05) is 12.9 Å². The molecule has 1 aliphatic carbocycles. The van der Waals surface area contributed by atoms with Crippen molar-refractivity contribution < 1.29 is 97.2 Å². The third kappa shape index (κ3) is 18.9. The highest BCUT2D eigenvalue weighted by molar-refractivity contribution is 8.13. The van der Waals surface area contributed by atoms with E-state index < -0.39 is 42.5 Å². The smallest absolute Gasteiger partial charge is 0.373 e. The number of sulfone groups is 1. The van der Waals surface area contributed by atoms with E-state index in [-0.39, 0.29) is 82.2 Å². The minimum absolute atomic E-state index is 0.00403. The SMILES string of the molecule is CCCc1noc2ccc3cc(C)ccc3c12.CCCc1noc2ccc3cc(O)ccc3c12.CCS(=O)(=O)c1ccc2c(ccc3onc(C4CCC(=O)NC4=O)c32)c1.COc1ccc(CSc2ccc3c(ccc4onc(C5CCC(=O)CC5=O)c43)c2)cc1.O=C1CCC(c2noc3ccc4cc(S(=O)(=O)Cl)ccc4c23)C(=O)N1.O=C=O.O=C=O. The Balaban J connectivity index is 0.000000131. The Labute approximate surface area is 703 Å². The molecule has 4 amide bonds. The van der Waals surface area contributed by atoms with Crippen molar-refractivity contribution in [3.63, 3.8) is 0 Å². The first-order chi connectivity index (χ1) is 58.8. The highest BCUT2D eigenvalue weighted by atomic mass is 35.7. The van der Waals surface area contributed by atoms with Crippen LogP contribution in [0.4, 0.5) is 0 Å². The summed E-state index contributed by atoms with van der Waals surface area (Å²) >= 11 is 1.77. The molecule has 3 fully saturated rings. The second kappa shape index (κ2) is 37.9. The number of ketones is 2. The Morgan fingerprint density at radius 2 is 0.877 bits per heavy atom. The number of halogens is 1. The van der Waals surface area contributed by atoms with Gasteiger partial charge in [-0.15, -0.1) is 11.8 Å². The molecule has 16 aromatic rings. The van der Waals surface area contributed by atoms with E-state index in [4.69, 9.17) is 57.2 Å². The molecule has 3 atom stereocenters. The number of phenols is 1. The molecule has 3 N–H and O–H groups in total. The number of carbonyl (C=O) groups excluding carboxylic acids is 10. The van der Waals surface area contributed by atoms with Gasteiger partial charge in [-0.3, -0.25) is 39.4 Å². The lowest BCUT2D eigenvalue weighted by molar-refractivity contribution is -0.193. The molecular formula is C90H76ClN7O21S3. The van der Waals surface area contributed by atoms with Crippen LogP contribution in [0.25, 0.3) is 109 Å². The first-order valence-corrected chi connectivity index (χ1v) is 43.6. The van der Waals surface area contributed by atoms with Gasteiger partial charge >= 0.3 is 12.3 Å². The van der Waals surface area contributed by atoms with Gasteiger partial charge in [-0.25, -0.2) is 16.8 Å². The van der Waals surface area contributed by atoms with Crippen LogP contribution >= 0.6 is 22.4 Å². The summed E-state index contributed by atoms with van der Waals surface area (Å²) in [6.45, 7) is 8.00. The van der Waals surface area contributed by atoms with Gasteiger partial charge in [0.2, 0.25) is 23.6 Å². The third-order valence-electron chi connectivity index (χ3n) is 21.0. The number of hydrogen-bond acceptors (Lipinski definition) is 27. The highest BCUT2D eigenvalue weighted by Crippen LogP contribution is 2.42. The number of methoxy groups -OCH3 is 1. The van der Waals surface area contributed by atoms with Gasteiger partial charge in [0.1, 0.15) is 40.1 Å². The molecule has 2 aliphatic heterocycles. The zero-order valence-electron chi connectivity index (χ0n) is 66.1. The zero-order chi connectivity index (χ0) is 86.7. The van der Waals surface area contributed by atoms with E-state index in [1.54, 1.807) is 86.5 Å². The predicted octanol–water partition coefficient (Wildman–Crippen LogP) is 17.1. The summed E-state index contributed by atoms with van der Waals surface area (Å²) in [6.07, 6.45) is 6.61. The lowest BCUT2D eigenvalue weighted by Gasteiger charge is -2.19. The molecule has 32 heteroatoms. The van der Waals surface area contributed by atoms with Crippen LogP contribution in [-0.4, -0.2) is 108 Å². The molecule has 11 aromatic carbocycles. The summed E-state index contributed by atoms with van der Waals surface area (Å²) in [5.74, 6) is -0.965. The van der Waals surface area contributed by atoms with E-state index >= 15 is 0 Å². The van der Waals surface area contributed by atoms with Crippen molar-refractivity contribution >= 4 is 198 Å². The van der Waals surface area contributed by atoms with Crippen molar-refractivity contribution in [2.45, 2.75) is 137 Å². The number of aryl methyl sites for hydroxylation is 3. The van der Waals surface area contributed by atoms with Crippen molar-refractivity contribution in [1.82, 2.24) is 36.4 Å². The molecule has 5 aromatic heterocycles. The molecule has 7 heterocycles. The number of imide groups is 2. The molecule has 3 aliphatic rings. The Morgan fingerprint density at radius 3 is 1.34 bits per heavy atom. The standard InChI is InChI=1S/C25H21NO4S.C18H16N2O5S.C16H11ClN2O5S.C15H15NO.C14H13NO2.2CO2/c1-29-18-6-2-15(3-7-18)14-31-19-8-10-20-16(12-19)4-11-23-24(20)25(26-30-23)21-9-5-17(27)13-22(21)28;1-2-26(23,24)11-4-5-12-10(9-11)3-7-14-16(12)17(20-25-14)13-6-8-15(21)19-18(13)22;17-25(22,23)9-2-3-10-8(7-9)1-5-12-14(10)15(19-24-12)11-4-6-13(20)18-16(11)21;1-3-4-13-15-12-7-5-10(2)9-11(12)6-8-14(15)17-16-13;1-2-3-12-14-11-6-5-10(16)8-9(11)4-7-13(14)17-15-12;2*2-1-3/h2-4,6-8,10-12,21H,5,9,13-14H2,1H3;3-5,7,9,13H,2,6,8H2,1H3,(H,19,21,22);1-3,5,7,11H,4,6H2,(H,18,20,21);5-9H,3-4H2,1-2H3;4-8,16H,2-3H2,1H3;;. The number of Topliss-reactive ketones (excluding diaryl/α,β-unsaturated/α-hetero) is 2. The normalized spacial score (nSPS) is 15.3. The van der Waals surface area contributed by atoms with E-state index in [9.17, 15) is 50.7 Å². The van der Waals surface area contributed by atoms with E-state index in [1.165, 1.54) is 44.3 Å². The van der Waals surface area contributed by atoms with Crippen molar-refractivity contribution in [2.24, 2.45) is 0 Å². The maximum absolute atomic E-state index is 12.5. The van der Waals surface area contributed by atoms with E-state index in [2.05, 4.69) is 112 Å². The number of aromatic hydroxyl groups is 1. The van der Waals surface area contributed by atoms with Crippen LogP contribution in [0.15, 0.2) is 213 Å². The molecule has 0 bridgehead atoms. The molecule has 3 unspecified atom stereocenters. The fourth-order valence-electron chi connectivity index (χ4n) is 15.2. The minimum Gasteiger partial charge on any atom is -0.508 e. The van der Waals surface area contributed by atoms with Gasteiger partial charge in [0.05, 0.1) is 85.1 Å². The number of ether oxygens (including phenoxy) is 1. The highest BCUT2D eigenvalue weighted by Gasteiger charge is 2.36. The van der Waals surface area contributed by atoms with Crippen molar-refractivity contribution in [3.05, 3.63) is 216 Å². The lowest BCUT2D eigenvalue weighted by Crippen LogP contribution is -2.39. The fourth-order valence-corrected chi connectivity index (χ4v) is 17.8. The number of fused-ring (bicyclic) bond motifs is 15. The van der Waals surface area contributed by atoms with Gasteiger partial charge in [0, 0.05) is 40.6 Å². The molecule has 0 spiro atoms. The van der Waals surface area contributed by atoms with Crippen LogP contribution < -0.4 is 15.4 Å². The molecule has 28 nitrogen and oxygen atoms in total. The van der Waals surface area contributed by atoms with E-state index in [0.717, 1.165) is 103 Å². The molecule has 1 saturated carbocycles. The van der Waals surface area contributed by atoms with Gasteiger partial charge in [-0.05, 0) is 196 Å². The summed E-state index contributed by atoms with van der Waals surface area (Å²) in [5.41, 5.74) is 9.54. The van der Waals surface area contributed by atoms with Crippen LogP contribution in [-0.2, 0) is 85.4 Å². The topological polar surface area (TPSA) is 423 Å². The summed E-state index contributed by atoms with van der Waals surface area (Å²) in [5, 5.41) is 48.7. The zero-order valence-corrected chi connectivity index (χ0v) is 69.3. The summed E-state index contributed by atoms with van der Waals surface area (Å²) < 4.78 is 79.5. The first-order valence-electron chi connectivity index (χ1n) is 38.7. The van der Waals surface area contributed by atoms with Crippen LogP contribution in [0.1, 0.15) is 136 Å². The molecule has 0 radical (unpaired) electrons. The van der Waals surface area contributed by atoms with Crippen molar-refractivity contribution in [3.8, 4) is 11.5 Å². The Morgan fingerprint density at radius 1 is 0.475 bits per heavy atom. The third-order valence-corrected chi connectivity index (χ3v) is 25.2. The van der Waals surface area contributed by atoms with E-state index in [1.807, 2.05) is 48.5 Å². The number of hydrogen-bond donors (Lipinski definition) is 3. The Hall–Kier alpha value is -13.4. The van der Waals surface area contributed by atoms with Gasteiger partial charge < -0.3 is 32.5 Å². The van der Waals surface area contributed by atoms with Crippen LogP contribution in [0.2, 0.25) is 0 Å². The second-order valence-electron chi connectivity index (χ2n) is 28.9. The largest absolute Gasteiger partial charge is 0.508 e. The number of aromatic nitrogens is 5. The van der Waals surface area contributed by atoms with Crippen molar-refractivity contribution in [1.29, 1.82) is 0 Å². The number of thioether (sulfide) groups is 1. The van der Waals surface area contributed by atoms with Gasteiger partial charge in [-0.1, -0.05) is 144 Å². The summed E-state index contributed by atoms with van der Waals surface area (Å²) in [6, 6.07) is 54.4. The first kappa shape index (κ1) is 86.4. The average molecular weight is 1720 g/mol. The van der Waals surface area contributed by atoms with Crippen LogP contribution in [0, 0.1) is 6.92 Å². The summed E-state index contributed by atoms with van der Waals surface area (Å²) in [4.78, 5) is 105. The Kier molecular flexibility index (Phi) is 26.9. The number of carbonyl (C=O) groups is 6. The quantitative estimate of drug-likeness (QED) is 0.0394. The molecule has 19 rings (SSSR count). The Bertz CT molecular complexity index is 6950. The lowest BCUT2D eigenvalue weighted by atomic mass is 9.83. The maximum atomic E-state index is 12.5. The van der Waals surface area contributed by atoms with E-state index in [0.29, 0.717) is 81.1 Å². The number of benzene rings is 11. The number of nitrogens with zero attached hydrogens (tertiary/aromatic N) is 5. The average Bonchev–Trinajstić information content (AvgIpc) is 1.56. The minimum atomic E-state index is -3.85. The second-order valence-corrected chi connectivity index (χ2v) is 34.8. The molecular weight excluding hydrogens is 1650 g/mol. The molecule has 622 valence electrons. The maximum Gasteiger partial charge on any atom is 0.373 e. The monoisotopic (exact) mass is 1720 g/mol. The summed E-state index contributed by atoms with van der Waals surface area (Å²) in [7, 11) is -0.0984. The number of nitrogens with one attached hydrogen (secondary N) is 2. The van der Waals surface area contributed by atoms with Gasteiger partial charge in [-0.2, -0.15) is 19.2 Å². The van der Waals surface area contributed by atoms with Crippen LogP contribution in [0.3, 0.4) is 0 Å². The molecule has 122 heavy (non-hydrogen) atoms. The van der Waals surface area contributed by atoms with Gasteiger partial charge in [0.25, 0.3) is 9.05 Å². The number of phenolic OH excluding ortho intramolecular Hbond substituents is 1. The fraction of sp³-hybridized carbons (Fsp3) is 0.233. The predicted molar refractivity (Wildman–Crippen MR) is 452 cm³/mol. The van der Waals surface area contributed by atoms with Gasteiger partial charge in [0.15, 0.2) is 37.8 Å². The molecule has 2 saturated heterocycles. The number of rotatable bonds is 14. The van der Waals surface area contributed by atoms with Crippen LogP contribution in [0.5, 0.6) is 11.5 Å².